The quantitative estimate of drug-likeness (QED) is 0.732. The van der Waals surface area contributed by atoms with Gasteiger partial charge in [0.1, 0.15) is 0 Å². The zero-order valence-electron chi connectivity index (χ0n) is 12.2. The van der Waals surface area contributed by atoms with E-state index in [1.165, 1.54) is 12.7 Å². The van der Waals surface area contributed by atoms with Crippen LogP contribution in [0.4, 0.5) is 5.69 Å². The average molecular weight is 287 g/mol. The number of aryl methyl sites for hydroxylation is 1. The number of hydrogen-bond donors (Lipinski definition) is 3. The molecule has 3 N–H and O–H groups in total. The Balaban J connectivity index is 1.99. The number of anilines is 1. The van der Waals surface area contributed by atoms with Crippen molar-refractivity contribution in [3.63, 3.8) is 0 Å². The number of phenols is 1. The van der Waals surface area contributed by atoms with Crippen molar-refractivity contribution in [2.75, 3.05) is 19.0 Å². The fraction of sp³-hybridized carbons (Fsp3) is 0.294. The lowest BCUT2D eigenvalue weighted by molar-refractivity contribution is 0.288. The minimum Gasteiger partial charge on any atom is -0.504 e. The summed E-state index contributed by atoms with van der Waals surface area (Å²) in [5, 5.41) is 21.8. The van der Waals surface area contributed by atoms with Crippen LogP contribution in [0.1, 0.15) is 17.5 Å². The largest absolute Gasteiger partial charge is 0.504 e. The lowest BCUT2D eigenvalue weighted by Gasteiger charge is -2.10. The molecule has 0 bridgehead atoms. The van der Waals surface area contributed by atoms with Crippen LogP contribution < -0.4 is 10.1 Å². The number of aromatic hydroxyl groups is 1. The highest BCUT2D eigenvalue weighted by atomic mass is 16.5. The molecule has 0 aliphatic rings. The summed E-state index contributed by atoms with van der Waals surface area (Å²) in [7, 11) is 1.54. The third-order valence-electron chi connectivity index (χ3n) is 3.29. The number of aliphatic hydroxyl groups is 1. The topological polar surface area (TPSA) is 61.7 Å². The summed E-state index contributed by atoms with van der Waals surface area (Å²) in [5.74, 6) is 0.623. The van der Waals surface area contributed by atoms with Gasteiger partial charge in [-0.15, -0.1) is 0 Å². The first-order valence-corrected chi connectivity index (χ1v) is 7.02. The summed E-state index contributed by atoms with van der Waals surface area (Å²) in [5.41, 5.74) is 3.28. The van der Waals surface area contributed by atoms with Gasteiger partial charge in [-0.2, -0.15) is 0 Å². The van der Waals surface area contributed by atoms with Crippen LogP contribution in [0.15, 0.2) is 42.5 Å². The number of aliphatic hydroxyl groups excluding tert-OH is 1. The van der Waals surface area contributed by atoms with Gasteiger partial charge in [-0.1, -0.05) is 18.2 Å². The Kier molecular flexibility index (Phi) is 5.46. The molecule has 0 atom stereocenters. The smallest absolute Gasteiger partial charge is 0.160 e. The van der Waals surface area contributed by atoms with Gasteiger partial charge >= 0.3 is 0 Å². The van der Waals surface area contributed by atoms with E-state index in [9.17, 15) is 5.11 Å². The second kappa shape index (κ2) is 7.55. The van der Waals surface area contributed by atoms with Crippen molar-refractivity contribution in [2.24, 2.45) is 0 Å². The van der Waals surface area contributed by atoms with Crippen LogP contribution in [0.25, 0.3) is 0 Å². The summed E-state index contributed by atoms with van der Waals surface area (Å²) >= 11 is 0. The van der Waals surface area contributed by atoms with Crippen molar-refractivity contribution in [3.8, 4) is 11.5 Å². The number of ether oxygens (including phenoxy) is 1. The van der Waals surface area contributed by atoms with E-state index < -0.39 is 0 Å². The Morgan fingerprint density at radius 1 is 1.10 bits per heavy atom. The van der Waals surface area contributed by atoms with Gasteiger partial charge in [0.25, 0.3) is 0 Å². The van der Waals surface area contributed by atoms with E-state index in [2.05, 4.69) is 17.4 Å². The highest BCUT2D eigenvalue weighted by molar-refractivity contribution is 5.48. The maximum atomic E-state index is 9.57. The number of nitrogens with one attached hydrogen (secondary N) is 1. The molecule has 0 fully saturated rings. The van der Waals surface area contributed by atoms with Gasteiger partial charge in [0.15, 0.2) is 11.5 Å². The molecule has 2 rings (SSSR count). The van der Waals surface area contributed by atoms with Crippen molar-refractivity contribution in [3.05, 3.63) is 53.6 Å². The molecular formula is C17H21NO3. The summed E-state index contributed by atoms with van der Waals surface area (Å²) in [6.45, 7) is 0.866. The van der Waals surface area contributed by atoms with E-state index in [4.69, 9.17) is 9.84 Å². The lowest BCUT2D eigenvalue weighted by Crippen LogP contribution is -2.00. The van der Waals surface area contributed by atoms with Crippen LogP contribution >= 0.6 is 0 Å². The Hall–Kier alpha value is -2.20. The van der Waals surface area contributed by atoms with E-state index in [1.807, 2.05) is 24.3 Å². The number of phenolic OH excluding ortho intramolecular Hbond substituents is 1. The van der Waals surface area contributed by atoms with Gasteiger partial charge < -0.3 is 20.3 Å². The molecule has 112 valence electrons. The van der Waals surface area contributed by atoms with E-state index >= 15 is 0 Å². The van der Waals surface area contributed by atoms with Crippen LogP contribution in [-0.4, -0.2) is 23.9 Å². The normalized spacial score (nSPS) is 10.4. The molecule has 2 aromatic carbocycles. The van der Waals surface area contributed by atoms with Crippen LogP contribution in [0.2, 0.25) is 0 Å². The minimum absolute atomic E-state index is 0.146. The maximum absolute atomic E-state index is 9.57. The summed E-state index contributed by atoms with van der Waals surface area (Å²) in [6, 6.07) is 13.5. The van der Waals surface area contributed by atoms with Gasteiger partial charge in [0.2, 0.25) is 0 Å². The lowest BCUT2D eigenvalue weighted by atomic mass is 10.1. The molecule has 0 aromatic heterocycles. The Morgan fingerprint density at radius 3 is 2.71 bits per heavy atom. The third-order valence-corrected chi connectivity index (χ3v) is 3.29. The molecule has 2 aromatic rings. The summed E-state index contributed by atoms with van der Waals surface area (Å²) in [4.78, 5) is 0. The van der Waals surface area contributed by atoms with Crippen molar-refractivity contribution < 1.29 is 14.9 Å². The standard InChI is InChI=1S/C17H21NO3/c1-21-17-11-14(7-8-16(17)20)12-18-15-6-2-4-13(10-15)5-3-9-19/h2,4,6-8,10-11,18-20H,3,5,9,12H2,1H3. The predicted molar refractivity (Wildman–Crippen MR) is 83.8 cm³/mol. The van der Waals surface area contributed by atoms with E-state index in [1.54, 1.807) is 6.07 Å². The van der Waals surface area contributed by atoms with Gasteiger partial charge in [0, 0.05) is 18.8 Å². The van der Waals surface area contributed by atoms with E-state index in [0.717, 1.165) is 24.1 Å². The molecular weight excluding hydrogens is 266 g/mol. The monoisotopic (exact) mass is 287 g/mol. The molecule has 0 aliphatic carbocycles. The first kappa shape index (κ1) is 15.2. The molecule has 21 heavy (non-hydrogen) atoms. The van der Waals surface area contributed by atoms with Gasteiger partial charge in [-0.05, 0) is 48.2 Å². The molecule has 0 saturated carbocycles. The second-order valence-electron chi connectivity index (χ2n) is 4.89. The fourth-order valence-electron chi connectivity index (χ4n) is 2.16. The summed E-state index contributed by atoms with van der Waals surface area (Å²) < 4.78 is 5.10. The molecule has 0 saturated heterocycles. The SMILES string of the molecule is COc1cc(CNc2cccc(CCCO)c2)ccc1O. The second-order valence-corrected chi connectivity index (χ2v) is 4.89. The number of hydrogen-bond acceptors (Lipinski definition) is 4. The third kappa shape index (κ3) is 4.39. The highest BCUT2D eigenvalue weighted by Gasteiger charge is 2.03. The van der Waals surface area contributed by atoms with Crippen LogP contribution in [0, 0.1) is 0 Å². The Morgan fingerprint density at radius 2 is 1.95 bits per heavy atom. The fourth-order valence-corrected chi connectivity index (χ4v) is 2.16. The predicted octanol–water partition coefficient (Wildman–Crippen LogP) is 2.94. The highest BCUT2D eigenvalue weighted by Crippen LogP contribution is 2.26. The molecule has 0 unspecified atom stereocenters. The number of rotatable bonds is 7. The zero-order chi connectivity index (χ0) is 15.1. The molecule has 4 nitrogen and oxygen atoms in total. The van der Waals surface area contributed by atoms with Crippen LogP contribution in [-0.2, 0) is 13.0 Å². The van der Waals surface area contributed by atoms with E-state index in [0.29, 0.717) is 12.3 Å². The molecule has 0 heterocycles. The maximum Gasteiger partial charge on any atom is 0.160 e. The molecule has 0 aliphatic heterocycles. The first-order chi connectivity index (χ1) is 10.2. The first-order valence-electron chi connectivity index (χ1n) is 7.02. The van der Waals surface area contributed by atoms with Crippen molar-refractivity contribution in [1.29, 1.82) is 0 Å². The zero-order valence-corrected chi connectivity index (χ0v) is 12.2. The van der Waals surface area contributed by atoms with E-state index in [-0.39, 0.29) is 12.4 Å². The molecule has 0 spiro atoms. The van der Waals surface area contributed by atoms with Gasteiger partial charge in [0.05, 0.1) is 7.11 Å². The Labute approximate surface area is 125 Å². The molecule has 4 heteroatoms. The minimum atomic E-state index is 0.146. The van der Waals surface area contributed by atoms with Gasteiger partial charge in [-0.25, -0.2) is 0 Å². The Bertz CT molecular complexity index is 584. The van der Waals surface area contributed by atoms with Crippen LogP contribution in [0.3, 0.4) is 0 Å². The van der Waals surface area contributed by atoms with Crippen molar-refractivity contribution >= 4 is 5.69 Å². The van der Waals surface area contributed by atoms with Gasteiger partial charge in [-0.3, -0.25) is 0 Å². The van der Waals surface area contributed by atoms with Crippen molar-refractivity contribution in [1.82, 2.24) is 0 Å². The van der Waals surface area contributed by atoms with Crippen molar-refractivity contribution in [2.45, 2.75) is 19.4 Å². The number of benzene rings is 2. The van der Waals surface area contributed by atoms with Crippen LogP contribution in [0.5, 0.6) is 11.5 Å². The summed E-state index contributed by atoms with van der Waals surface area (Å²) in [6.07, 6.45) is 1.65. The number of methoxy groups -OCH3 is 1. The average Bonchev–Trinajstić information content (AvgIpc) is 2.52. The molecule has 0 radical (unpaired) electrons. The molecule has 0 amide bonds.